The number of H-pyrrole nitrogens is 1. The summed E-state index contributed by atoms with van der Waals surface area (Å²) in [5, 5.41) is 7.97. The van der Waals surface area contributed by atoms with Gasteiger partial charge >= 0.3 is 0 Å². The Morgan fingerprint density at radius 3 is 2.78 bits per heavy atom. The van der Waals surface area contributed by atoms with Crippen molar-refractivity contribution < 1.29 is 9.15 Å². The van der Waals surface area contributed by atoms with Crippen LogP contribution in [0, 0.1) is 0 Å². The summed E-state index contributed by atoms with van der Waals surface area (Å²) in [5.41, 5.74) is 2.74. The fourth-order valence-corrected chi connectivity index (χ4v) is 3.51. The standard InChI is InChI=1S/C21H20N4O2/c1-2-10-25(9-1)14-18-11-15-3-5-17(12-20(15)26-18)27-21-6-4-16(13-22-21)19-7-8-23-24-19/h3-8,11-13H,1-2,9-10,14H2,(H,23,24). The first-order valence-corrected chi connectivity index (χ1v) is 9.22. The Morgan fingerprint density at radius 1 is 1.07 bits per heavy atom. The van der Waals surface area contributed by atoms with Crippen molar-refractivity contribution in [3.63, 3.8) is 0 Å². The predicted octanol–water partition coefficient (Wildman–Crippen LogP) is 4.61. The molecule has 0 saturated carbocycles. The van der Waals surface area contributed by atoms with Crippen LogP contribution in [-0.2, 0) is 6.54 Å². The van der Waals surface area contributed by atoms with Crippen LogP contribution in [0.5, 0.6) is 11.6 Å². The first-order chi connectivity index (χ1) is 13.3. The number of aromatic amines is 1. The summed E-state index contributed by atoms with van der Waals surface area (Å²) in [6.45, 7) is 3.19. The summed E-state index contributed by atoms with van der Waals surface area (Å²) in [7, 11) is 0. The fraction of sp³-hybridized carbons (Fsp3) is 0.238. The maximum absolute atomic E-state index is 6.02. The van der Waals surface area contributed by atoms with Crippen LogP contribution in [-0.4, -0.2) is 33.2 Å². The van der Waals surface area contributed by atoms with Crippen molar-refractivity contribution >= 4 is 11.0 Å². The Morgan fingerprint density at radius 2 is 2.00 bits per heavy atom. The third kappa shape index (κ3) is 3.44. The highest BCUT2D eigenvalue weighted by atomic mass is 16.5. The molecule has 0 radical (unpaired) electrons. The average Bonchev–Trinajstić information content (AvgIpc) is 3.44. The third-order valence-corrected chi connectivity index (χ3v) is 4.89. The second-order valence-electron chi connectivity index (χ2n) is 6.85. The topological polar surface area (TPSA) is 67.2 Å². The number of nitrogens with one attached hydrogen (secondary N) is 1. The molecule has 0 aliphatic carbocycles. The average molecular weight is 360 g/mol. The van der Waals surface area contributed by atoms with E-state index in [9.17, 15) is 0 Å². The number of ether oxygens (including phenoxy) is 1. The molecule has 4 heterocycles. The monoisotopic (exact) mass is 360 g/mol. The Labute approximate surface area is 156 Å². The minimum atomic E-state index is 0.543. The SMILES string of the molecule is c1cc(-c2ccc(Oc3ccc4cc(CN5CCCC5)oc4c3)nc2)[nH]n1. The fourth-order valence-electron chi connectivity index (χ4n) is 3.51. The van der Waals surface area contributed by atoms with Crippen LogP contribution in [0.4, 0.5) is 0 Å². The van der Waals surface area contributed by atoms with Gasteiger partial charge < -0.3 is 9.15 Å². The van der Waals surface area contributed by atoms with Crippen molar-refractivity contribution in [2.24, 2.45) is 0 Å². The molecule has 5 rings (SSSR count). The molecule has 6 nitrogen and oxygen atoms in total. The van der Waals surface area contributed by atoms with Crippen molar-refractivity contribution in [2.75, 3.05) is 13.1 Å². The molecule has 1 saturated heterocycles. The first kappa shape index (κ1) is 16.1. The van der Waals surface area contributed by atoms with Crippen molar-refractivity contribution in [3.8, 4) is 22.9 Å². The van der Waals surface area contributed by atoms with Crippen LogP contribution in [0.1, 0.15) is 18.6 Å². The second-order valence-corrected chi connectivity index (χ2v) is 6.85. The molecule has 6 heteroatoms. The summed E-state index contributed by atoms with van der Waals surface area (Å²) in [4.78, 5) is 6.81. The summed E-state index contributed by atoms with van der Waals surface area (Å²) in [6, 6.07) is 13.7. The molecule has 0 bridgehead atoms. The lowest BCUT2D eigenvalue weighted by Crippen LogP contribution is -2.17. The van der Waals surface area contributed by atoms with Crippen LogP contribution >= 0.6 is 0 Å². The van der Waals surface area contributed by atoms with Gasteiger partial charge in [-0.1, -0.05) is 0 Å². The highest BCUT2D eigenvalue weighted by Gasteiger charge is 2.14. The number of likely N-dealkylation sites (tertiary alicyclic amines) is 1. The zero-order valence-electron chi connectivity index (χ0n) is 14.9. The zero-order chi connectivity index (χ0) is 18.1. The maximum Gasteiger partial charge on any atom is 0.219 e. The van der Waals surface area contributed by atoms with E-state index < -0.39 is 0 Å². The van der Waals surface area contributed by atoms with Crippen molar-refractivity contribution in [3.05, 3.63) is 60.6 Å². The van der Waals surface area contributed by atoms with Gasteiger partial charge in [0.15, 0.2) is 0 Å². The van der Waals surface area contributed by atoms with Gasteiger partial charge in [0.05, 0.1) is 12.2 Å². The maximum atomic E-state index is 6.02. The molecule has 1 aliphatic heterocycles. The number of nitrogens with zero attached hydrogens (tertiary/aromatic N) is 3. The van der Waals surface area contributed by atoms with Gasteiger partial charge in [0.2, 0.25) is 5.88 Å². The Hall–Kier alpha value is -3.12. The summed E-state index contributed by atoms with van der Waals surface area (Å²) >= 11 is 0. The molecule has 4 aromatic rings. The summed E-state index contributed by atoms with van der Waals surface area (Å²) in [5.74, 6) is 2.26. The quantitative estimate of drug-likeness (QED) is 0.563. The smallest absolute Gasteiger partial charge is 0.219 e. The van der Waals surface area contributed by atoms with Crippen LogP contribution in [0.15, 0.2) is 59.3 Å². The van der Waals surface area contributed by atoms with Crippen molar-refractivity contribution in [2.45, 2.75) is 19.4 Å². The predicted molar refractivity (Wildman–Crippen MR) is 103 cm³/mol. The van der Waals surface area contributed by atoms with E-state index in [1.165, 1.54) is 12.8 Å². The Kier molecular flexibility index (Phi) is 4.10. The zero-order valence-corrected chi connectivity index (χ0v) is 14.9. The first-order valence-electron chi connectivity index (χ1n) is 9.22. The molecule has 0 spiro atoms. The van der Waals surface area contributed by atoms with Crippen LogP contribution in [0.2, 0.25) is 0 Å². The minimum absolute atomic E-state index is 0.543. The van der Waals surface area contributed by atoms with E-state index in [0.29, 0.717) is 11.6 Å². The molecule has 0 unspecified atom stereocenters. The van der Waals surface area contributed by atoms with Crippen molar-refractivity contribution in [1.29, 1.82) is 0 Å². The minimum Gasteiger partial charge on any atom is -0.460 e. The van der Waals surface area contributed by atoms with E-state index in [0.717, 1.165) is 47.6 Å². The van der Waals surface area contributed by atoms with Gasteiger partial charge in [-0.05, 0) is 56.3 Å². The molecule has 0 atom stereocenters. The number of benzene rings is 1. The molecule has 1 N–H and O–H groups in total. The van der Waals surface area contributed by atoms with E-state index >= 15 is 0 Å². The molecule has 0 amide bonds. The summed E-state index contributed by atoms with van der Waals surface area (Å²) < 4.78 is 11.9. The van der Waals surface area contributed by atoms with Crippen molar-refractivity contribution in [1.82, 2.24) is 20.1 Å². The van der Waals surface area contributed by atoms with Crippen LogP contribution < -0.4 is 4.74 Å². The van der Waals surface area contributed by atoms with E-state index in [1.807, 2.05) is 36.4 Å². The number of fused-ring (bicyclic) bond motifs is 1. The Bertz CT molecular complexity index is 1030. The normalized spacial score (nSPS) is 14.8. The molecular formula is C21H20N4O2. The molecule has 1 aromatic carbocycles. The van der Waals surface area contributed by atoms with Gasteiger partial charge in [0.1, 0.15) is 17.1 Å². The van der Waals surface area contributed by atoms with E-state index in [-0.39, 0.29) is 0 Å². The van der Waals surface area contributed by atoms with E-state index in [1.54, 1.807) is 12.4 Å². The molecular weight excluding hydrogens is 340 g/mol. The van der Waals surface area contributed by atoms with Gasteiger partial charge in [0.25, 0.3) is 0 Å². The third-order valence-electron chi connectivity index (χ3n) is 4.89. The molecule has 27 heavy (non-hydrogen) atoms. The van der Waals surface area contributed by atoms with E-state index in [2.05, 4.69) is 26.1 Å². The lowest BCUT2D eigenvalue weighted by molar-refractivity contribution is 0.302. The largest absolute Gasteiger partial charge is 0.460 e. The van der Waals surface area contributed by atoms with Gasteiger partial charge in [0, 0.05) is 35.5 Å². The molecule has 136 valence electrons. The highest BCUT2D eigenvalue weighted by Crippen LogP contribution is 2.28. The van der Waals surface area contributed by atoms with Crippen LogP contribution in [0.3, 0.4) is 0 Å². The number of furan rings is 1. The van der Waals surface area contributed by atoms with Gasteiger partial charge in [-0.25, -0.2) is 4.98 Å². The lowest BCUT2D eigenvalue weighted by Gasteiger charge is -2.11. The molecule has 1 fully saturated rings. The lowest BCUT2D eigenvalue weighted by atomic mass is 10.2. The van der Waals surface area contributed by atoms with Gasteiger partial charge in [-0.15, -0.1) is 0 Å². The highest BCUT2D eigenvalue weighted by molar-refractivity contribution is 5.79. The number of hydrogen-bond acceptors (Lipinski definition) is 5. The van der Waals surface area contributed by atoms with Gasteiger partial charge in [-0.2, -0.15) is 5.10 Å². The van der Waals surface area contributed by atoms with E-state index in [4.69, 9.17) is 9.15 Å². The number of rotatable bonds is 5. The van der Waals surface area contributed by atoms with Gasteiger partial charge in [-0.3, -0.25) is 10.00 Å². The number of aromatic nitrogens is 3. The number of pyridine rings is 1. The Balaban J connectivity index is 1.32. The summed E-state index contributed by atoms with van der Waals surface area (Å²) in [6.07, 6.45) is 6.05. The second kappa shape index (κ2) is 6.89. The number of hydrogen-bond donors (Lipinski definition) is 1. The molecule has 1 aliphatic rings. The van der Waals surface area contributed by atoms with Crippen LogP contribution in [0.25, 0.3) is 22.2 Å². The molecule has 3 aromatic heterocycles.